The number of carbonyl (C=O) groups excluding carboxylic acids is 1. The highest BCUT2D eigenvalue weighted by molar-refractivity contribution is 7.98. The molecule has 1 rings (SSSR count). The average Bonchev–Trinajstić information content (AvgIpc) is 2.51. The molecule has 5 nitrogen and oxygen atoms in total. The number of amides is 1. The van der Waals surface area contributed by atoms with E-state index in [9.17, 15) is 4.79 Å². The van der Waals surface area contributed by atoms with Crippen molar-refractivity contribution in [2.45, 2.75) is 25.4 Å². The van der Waals surface area contributed by atoms with Crippen LogP contribution in [0.4, 0.5) is 0 Å². The van der Waals surface area contributed by atoms with E-state index in [1.54, 1.807) is 26.0 Å². The standard InChI is InChI=1S/C15H24N2O3S/c1-10(17-15(18)12(16)7-8-21-4)11-5-6-13(19-2)14(9-11)20-3/h5-6,9-10,12H,7-8,16H2,1-4H3,(H,17,18)/t10?,12-/m1/s1. The summed E-state index contributed by atoms with van der Waals surface area (Å²) < 4.78 is 10.5. The van der Waals surface area contributed by atoms with Gasteiger partial charge in [-0.15, -0.1) is 0 Å². The van der Waals surface area contributed by atoms with Crippen LogP contribution in [0.2, 0.25) is 0 Å². The van der Waals surface area contributed by atoms with Crippen molar-refractivity contribution >= 4 is 17.7 Å². The van der Waals surface area contributed by atoms with Crippen LogP contribution < -0.4 is 20.5 Å². The van der Waals surface area contributed by atoms with Crippen LogP contribution in [0, 0.1) is 0 Å². The average molecular weight is 312 g/mol. The summed E-state index contributed by atoms with van der Waals surface area (Å²) in [4.78, 5) is 12.0. The lowest BCUT2D eigenvalue weighted by Gasteiger charge is -2.19. The third kappa shape index (κ3) is 5.13. The Kier molecular flexibility index (Phi) is 7.39. The van der Waals surface area contributed by atoms with Gasteiger partial charge in [-0.1, -0.05) is 6.07 Å². The molecule has 0 saturated heterocycles. The number of nitrogens with two attached hydrogens (primary N) is 1. The van der Waals surface area contributed by atoms with Crippen LogP contribution in [0.25, 0.3) is 0 Å². The molecule has 0 aliphatic carbocycles. The van der Waals surface area contributed by atoms with Crippen LogP contribution in [0.15, 0.2) is 18.2 Å². The van der Waals surface area contributed by atoms with Crippen molar-refractivity contribution in [1.29, 1.82) is 0 Å². The summed E-state index contributed by atoms with van der Waals surface area (Å²) in [5.41, 5.74) is 6.80. The normalized spacial score (nSPS) is 13.4. The van der Waals surface area contributed by atoms with Crippen molar-refractivity contribution < 1.29 is 14.3 Å². The summed E-state index contributed by atoms with van der Waals surface area (Å²) in [6, 6.07) is 4.97. The number of hydrogen-bond donors (Lipinski definition) is 2. The van der Waals surface area contributed by atoms with E-state index < -0.39 is 6.04 Å². The molecule has 0 fully saturated rings. The van der Waals surface area contributed by atoms with Gasteiger partial charge in [0, 0.05) is 0 Å². The van der Waals surface area contributed by atoms with Gasteiger partial charge in [0.25, 0.3) is 0 Å². The smallest absolute Gasteiger partial charge is 0.237 e. The molecule has 2 atom stereocenters. The fourth-order valence-electron chi connectivity index (χ4n) is 1.90. The van der Waals surface area contributed by atoms with Crippen molar-refractivity contribution in [2.75, 3.05) is 26.2 Å². The maximum Gasteiger partial charge on any atom is 0.237 e. The van der Waals surface area contributed by atoms with Crippen LogP contribution in [0.1, 0.15) is 24.9 Å². The number of methoxy groups -OCH3 is 2. The number of hydrogen-bond acceptors (Lipinski definition) is 5. The number of carbonyl (C=O) groups is 1. The van der Waals surface area contributed by atoms with Gasteiger partial charge >= 0.3 is 0 Å². The van der Waals surface area contributed by atoms with Gasteiger partial charge in [0.05, 0.1) is 26.3 Å². The van der Waals surface area contributed by atoms with Gasteiger partial charge in [0.1, 0.15) is 0 Å². The molecule has 0 aromatic heterocycles. The minimum atomic E-state index is -0.472. The van der Waals surface area contributed by atoms with Crippen molar-refractivity contribution in [1.82, 2.24) is 5.32 Å². The zero-order valence-corrected chi connectivity index (χ0v) is 13.8. The molecule has 0 bridgehead atoms. The number of nitrogens with one attached hydrogen (secondary N) is 1. The lowest BCUT2D eigenvalue weighted by atomic mass is 10.1. The first kappa shape index (κ1) is 17.7. The Morgan fingerprint density at radius 3 is 2.57 bits per heavy atom. The monoisotopic (exact) mass is 312 g/mol. The molecule has 6 heteroatoms. The Labute approximate surface area is 130 Å². The predicted octanol–water partition coefficient (Wildman–Crippen LogP) is 1.96. The van der Waals surface area contributed by atoms with E-state index in [0.717, 1.165) is 11.3 Å². The predicted molar refractivity (Wildman–Crippen MR) is 87.1 cm³/mol. The number of ether oxygens (including phenoxy) is 2. The molecule has 1 aromatic carbocycles. The minimum Gasteiger partial charge on any atom is -0.493 e. The Morgan fingerprint density at radius 1 is 1.33 bits per heavy atom. The zero-order valence-electron chi connectivity index (χ0n) is 13.0. The van der Waals surface area contributed by atoms with Gasteiger partial charge in [-0.3, -0.25) is 4.79 Å². The van der Waals surface area contributed by atoms with Crippen LogP contribution in [0.3, 0.4) is 0 Å². The summed E-state index contributed by atoms with van der Waals surface area (Å²) in [6.07, 6.45) is 2.67. The summed E-state index contributed by atoms with van der Waals surface area (Å²) in [7, 11) is 3.18. The zero-order chi connectivity index (χ0) is 15.8. The van der Waals surface area contributed by atoms with E-state index in [1.165, 1.54) is 0 Å². The molecule has 3 N–H and O–H groups in total. The SMILES string of the molecule is COc1ccc(C(C)NC(=O)[C@H](N)CCSC)cc1OC. The molecule has 0 spiro atoms. The fourth-order valence-corrected chi connectivity index (χ4v) is 2.39. The second-order valence-electron chi connectivity index (χ2n) is 4.73. The van der Waals surface area contributed by atoms with Crippen molar-refractivity contribution in [3.63, 3.8) is 0 Å². The Balaban J connectivity index is 2.70. The van der Waals surface area contributed by atoms with Gasteiger partial charge in [0.2, 0.25) is 5.91 Å². The van der Waals surface area contributed by atoms with E-state index in [1.807, 2.05) is 31.4 Å². The van der Waals surface area contributed by atoms with Gasteiger partial charge in [-0.2, -0.15) is 11.8 Å². The lowest BCUT2D eigenvalue weighted by Crippen LogP contribution is -2.41. The quantitative estimate of drug-likeness (QED) is 0.767. The van der Waals surface area contributed by atoms with E-state index >= 15 is 0 Å². The van der Waals surface area contributed by atoms with Gasteiger partial charge in [-0.25, -0.2) is 0 Å². The molecule has 1 amide bonds. The molecule has 0 saturated carbocycles. The second-order valence-corrected chi connectivity index (χ2v) is 5.72. The van der Waals surface area contributed by atoms with Gasteiger partial charge < -0.3 is 20.5 Å². The molecule has 0 heterocycles. The molecular formula is C15H24N2O3S. The van der Waals surface area contributed by atoms with Crippen LogP contribution in [0.5, 0.6) is 11.5 Å². The van der Waals surface area contributed by atoms with Crippen LogP contribution in [-0.4, -0.2) is 38.2 Å². The van der Waals surface area contributed by atoms with E-state index in [-0.39, 0.29) is 11.9 Å². The third-order valence-electron chi connectivity index (χ3n) is 3.24. The second kappa shape index (κ2) is 8.79. The highest BCUT2D eigenvalue weighted by Crippen LogP contribution is 2.29. The molecule has 21 heavy (non-hydrogen) atoms. The molecule has 1 unspecified atom stereocenters. The number of thioether (sulfide) groups is 1. The van der Waals surface area contributed by atoms with Crippen molar-refractivity contribution in [3.05, 3.63) is 23.8 Å². The Morgan fingerprint density at radius 2 is 2.00 bits per heavy atom. The van der Waals surface area contributed by atoms with Crippen LogP contribution in [-0.2, 0) is 4.79 Å². The highest BCUT2D eigenvalue weighted by Gasteiger charge is 2.17. The van der Waals surface area contributed by atoms with E-state index in [4.69, 9.17) is 15.2 Å². The van der Waals surface area contributed by atoms with E-state index in [2.05, 4.69) is 5.32 Å². The Bertz CT molecular complexity index is 468. The molecule has 1 aromatic rings. The molecule has 0 aliphatic heterocycles. The lowest BCUT2D eigenvalue weighted by molar-refractivity contribution is -0.123. The Hall–Kier alpha value is -1.40. The summed E-state index contributed by atoms with van der Waals surface area (Å²) >= 11 is 1.68. The topological polar surface area (TPSA) is 73.6 Å². The minimum absolute atomic E-state index is 0.133. The summed E-state index contributed by atoms with van der Waals surface area (Å²) in [6.45, 7) is 1.92. The van der Waals surface area contributed by atoms with Gasteiger partial charge in [-0.05, 0) is 43.0 Å². The molecule has 0 radical (unpaired) electrons. The first-order valence-corrected chi connectivity index (χ1v) is 8.19. The summed E-state index contributed by atoms with van der Waals surface area (Å²) in [5, 5.41) is 2.92. The number of benzene rings is 1. The maximum absolute atomic E-state index is 12.0. The molecule has 118 valence electrons. The maximum atomic E-state index is 12.0. The van der Waals surface area contributed by atoms with Crippen LogP contribution >= 0.6 is 11.8 Å². The van der Waals surface area contributed by atoms with Gasteiger partial charge in [0.15, 0.2) is 11.5 Å². The van der Waals surface area contributed by atoms with Crippen molar-refractivity contribution in [3.8, 4) is 11.5 Å². The molecular weight excluding hydrogens is 288 g/mol. The van der Waals surface area contributed by atoms with E-state index in [0.29, 0.717) is 17.9 Å². The largest absolute Gasteiger partial charge is 0.493 e. The number of rotatable bonds is 8. The third-order valence-corrected chi connectivity index (χ3v) is 3.88. The summed E-state index contributed by atoms with van der Waals surface area (Å²) in [5.74, 6) is 2.05. The highest BCUT2D eigenvalue weighted by atomic mass is 32.2. The fraction of sp³-hybridized carbons (Fsp3) is 0.533. The first-order valence-electron chi connectivity index (χ1n) is 6.80. The first-order chi connectivity index (χ1) is 10.0. The van der Waals surface area contributed by atoms with Crippen molar-refractivity contribution in [2.24, 2.45) is 5.73 Å². The molecule has 0 aliphatic rings.